The quantitative estimate of drug-likeness (QED) is 0.640. The van der Waals surface area contributed by atoms with E-state index in [0.29, 0.717) is 5.69 Å². The van der Waals surface area contributed by atoms with Crippen molar-refractivity contribution < 1.29 is 9.90 Å². The SMILES string of the molecule is CC(C)N(C(N)=O)c1c(N)cccc1O. The zero-order valence-electron chi connectivity index (χ0n) is 8.77. The minimum absolute atomic E-state index is 0.0532. The molecule has 1 aromatic rings. The van der Waals surface area contributed by atoms with Gasteiger partial charge in [-0.2, -0.15) is 0 Å². The number of aromatic hydroxyl groups is 1. The van der Waals surface area contributed by atoms with E-state index in [1.165, 1.54) is 11.0 Å². The number of amides is 2. The van der Waals surface area contributed by atoms with Crippen LogP contribution in [0.25, 0.3) is 0 Å². The summed E-state index contributed by atoms with van der Waals surface area (Å²) in [4.78, 5) is 12.5. The summed E-state index contributed by atoms with van der Waals surface area (Å²) in [7, 11) is 0. The molecule has 0 bridgehead atoms. The van der Waals surface area contributed by atoms with Crippen LogP contribution in [0.15, 0.2) is 18.2 Å². The van der Waals surface area contributed by atoms with Crippen LogP contribution >= 0.6 is 0 Å². The van der Waals surface area contributed by atoms with Gasteiger partial charge in [0.05, 0.1) is 5.69 Å². The van der Waals surface area contributed by atoms with Gasteiger partial charge in [0.1, 0.15) is 11.4 Å². The lowest BCUT2D eigenvalue weighted by molar-refractivity contribution is 0.252. The molecule has 15 heavy (non-hydrogen) atoms. The summed E-state index contributed by atoms with van der Waals surface area (Å²) in [5.41, 5.74) is 11.5. The van der Waals surface area contributed by atoms with Crippen molar-refractivity contribution in [2.75, 3.05) is 10.6 Å². The first-order chi connectivity index (χ1) is 6.95. The molecular formula is C10H15N3O2. The third-order valence-electron chi connectivity index (χ3n) is 2.04. The standard InChI is InChI=1S/C10H15N3O2/c1-6(2)13(10(12)15)9-7(11)4-3-5-8(9)14/h3-6,14H,11H2,1-2H3,(H2,12,15). The number of nitrogens with two attached hydrogens (primary N) is 2. The molecule has 2 amide bonds. The number of benzene rings is 1. The molecule has 0 aliphatic heterocycles. The Hall–Kier alpha value is -1.91. The molecule has 0 unspecified atom stereocenters. The predicted molar refractivity (Wildman–Crippen MR) is 59.7 cm³/mol. The van der Waals surface area contributed by atoms with Crippen molar-refractivity contribution in [2.24, 2.45) is 5.73 Å². The molecule has 0 heterocycles. The van der Waals surface area contributed by atoms with Gasteiger partial charge in [-0.15, -0.1) is 0 Å². The molecule has 0 aliphatic rings. The van der Waals surface area contributed by atoms with E-state index in [2.05, 4.69) is 0 Å². The number of nitrogen functional groups attached to an aromatic ring is 1. The van der Waals surface area contributed by atoms with Gasteiger partial charge in [-0.1, -0.05) is 6.07 Å². The van der Waals surface area contributed by atoms with Crippen LogP contribution in [-0.2, 0) is 0 Å². The first kappa shape index (κ1) is 11.2. The van der Waals surface area contributed by atoms with Crippen molar-refractivity contribution in [3.63, 3.8) is 0 Å². The van der Waals surface area contributed by atoms with E-state index in [0.717, 1.165) is 0 Å². The fourth-order valence-electron chi connectivity index (χ4n) is 1.43. The van der Waals surface area contributed by atoms with E-state index in [1.807, 2.05) is 0 Å². The highest BCUT2D eigenvalue weighted by molar-refractivity contribution is 5.96. The van der Waals surface area contributed by atoms with Gasteiger partial charge in [0, 0.05) is 6.04 Å². The highest BCUT2D eigenvalue weighted by atomic mass is 16.3. The number of phenols is 1. The molecule has 0 fully saturated rings. The van der Waals surface area contributed by atoms with Gasteiger partial charge in [0.15, 0.2) is 0 Å². The molecule has 5 N–H and O–H groups in total. The zero-order chi connectivity index (χ0) is 11.6. The first-order valence-corrected chi connectivity index (χ1v) is 4.61. The molecule has 0 aromatic heterocycles. The average molecular weight is 209 g/mol. The summed E-state index contributed by atoms with van der Waals surface area (Å²) in [6.45, 7) is 3.58. The van der Waals surface area contributed by atoms with Gasteiger partial charge in [-0.3, -0.25) is 4.90 Å². The van der Waals surface area contributed by atoms with Gasteiger partial charge in [0.2, 0.25) is 0 Å². The van der Waals surface area contributed by atoms with Crippen LogP contribution < -0.4 is 16.4 Å². The molecule has 1 aromatic carbocycles. The fraction of sp³-hybridized carbons (Fsp3) is 0.300. The smallest absolute Gasteiger partial charge is 0.319 e. The monoisotopic (exact) mass is 209 g/mol. The van der Waals surface area contributed by atoms with Crippen LogP contribution in [0.4, 0.5) is 16.2 Å². The second-order valence-electron chi connectivity index (χ2n) is 3.52. The van der Waals surface area contributed by atoms with Gasteiger partial charge < -0.3 is 16.6 Å². The number of para-hydroxylation sites is 1. The highest BCUT2D eigenvalue weighted by Crippen LogP contribution is 2.34. The van der Waals surface area contributed by atoms with Crippen LogP contribution in [0.1, 0.15) is 13.8 Å². The molecular weight excluding hydrogens is 194 g/mol. The number of primary amides is 1. The summed E-state index contributed by atoms with van der Waals surface area (Å²) >= 11 is 0. The molecule has 0 radical (unpaired) electrons. The molecule has 5 nitrogen and oxygen atoms in total. The number of phenolic OH excluding ortho intramolecular Hbond substituents is 1. The molecule has 0 aliphatic carbocycles. The van der Waals surface area contributed by atoms with Crippen LogP contribution in [-0.4, -0.2) is 17.2 Å². The normalized spacial score (nSPS) is 10.3. The maximum atomic E-state index is 11.2. The Kier molecular flexibility index (Phi) is 3.04. The minimum atomic E-state index is -0.641. The van der Waals surface area contributed by atoms with Gasteiger partial charge in [-0.05, 0) is 26.0 Å². The first-order valence-electron chi connectivity index (χ1n) is 4.61. The van der Waals surface area contributed by atoms with Crippen molar-refractivity contribution in [3.05, 3.63) is 18.2 Å². The number of nitrogens with zero attached hydrogens (tertiary/aromatic N) is 1. The van der Waals surface area contributed by atoms with Crippen molar-refractivity contribution in [3.8, 4) is 5.75 Å². The lowest BCUT2D eigenvalue weighted by atomic mass is 10.2. The Labute approximate surface area is 88.3 Å². The fourth-order valence-corrected chi connectivity index (χ4v) is 1.43. The molecule has 5 heteroatoms. The third kappa shape index (κ3) is 2.12. The van der Waals surface area contributed by atoms with Gasteiger partial charge in [0.25, 0.3) is 0 Å². The summed E-state index contributed by atoms with van der Waals surface area (Å²) in [6, 6.07) is 3.86. The molecule has 0 atom stereocenters. The van der Waals surface area contributed by atoms with E-state index in [1.54, 1.807) is 26.0 Å². The lowest BCUT2D eigenvalue weighted by Crippen LogP contribution is -2.41. The molecule has 0 saturated carbocycles. The topological polar surface area (TPSA) is 92.6 Å². The summed E-state index contributed by atoms with van der Waals surface area (Å²) in [5, 5.41) is 9.63. The number of carbonyl (C=O) groups is 1. The number of hydrogen-bond acceptors (Lipinski definition) is 3. The van der Waals surface area contributed by atoms with E-state index < -0.39 is 6.03 Å². The minimum Gasteiger partial charge on any atom is -0.506 e. The van der Waals surface area contributed by atoms with Crippen LogP contribution in [0, 0.1) is 0 Å². The number of rotatable bonds is 2. The van der Waals surface area contributed by atoms with Crippen LogP contribution in [0.2, 0.25) is 0 Å². The molecule has 1 rings (SSSR count). The lowest BCUT2D eigenvalue weighted by Gasteiger charge is -2.26. The summed E-state index contributed by atoms with van der Waals surface area (Å²) < 4.78 is 0. The highest BCUT2D eigenvalue weighted by Gasteiger charge is 2.21. The van der Waals surface area contributed by atoms with E-state index in [4.69, 9.17) is 11.5 Å². The van der Waals surface area contributed by atoms with E-state index >= 15 is 0 Å². The van der Waals surface area contributed by atoms with E-state index in [-0.39, 0.29) is 17.5 Å². The van der Waals surface area contributed by atoms with E-state index in [9.17, 15) is 9.90 Å². The maximum Gasteiger partial charge on any atom is 0.319 e. The molecule has 82 valence electrons. The Bertz CT molecular complexity index is 357. The number of anilines is 2. The molecule has 0 spiro atoms. The van der Waals surface area contributed by atoms with Crippen molar-refractivity contribution in [2.45, 2.75) is 19.9 Å². The van der Waals surface area contributed by atoms with Crippen molar-refractivity contribution in [1.29, 1.82) is 0 Å². The maximum absolute atomic E-state index is 11.2. The van der Waals surface area contributed by atoms with Crippen molar-refractivity contribution in [1.82, 2.24) is 0 Å². The molecule has 0 saturated heterocycles. The van der Waals surface area contributed by atoms with Gasteiger partial charge >= 0.3 is 6.03 Å². The summed E-state index contributed by atoms with van der Waals surface area (Å²) in [5.74, 6) is -0.0532. The Morgan fingerprint density at radius 1 is 1.47 bits per heavy atom. The second kappa shape index (κ2) is 4.08. The largest absolute Gasteiger partial charge is 0.506 e. The number of carbonyl (C=O) groups excluding carboxylic acids is 1. The number of hydrogen-bond donors (Lipinski definition) is 3. The second-order valence-corrected chi connectivity index (χ2v) is 3.52. The Morgan fingerprint density at radius 3 is 2.47 bits per heavy atom. The predicted octanol–water partition coefficient (Wildman–Crippen LogP) is 1.27. The van der Waals surface area contributed by atoms with Gasteiger partial charge in [-0.25, -0.2) is 4.79 Å². The zero-order valence-corrected chi connectivity index (χ0v) is 8.77. The Balaban J connectivity index is 3.28. The van der Waals surface area contributed by atoms with Crippen molar-refractivity contribution >= 4 is 17.4 Å². The van der Waals surface area contributed by atoms with Crippen LogP contribution in [0.5, 0.6) is 5.75 Å². The van der Waals surface area contributed by atoms with Crippen LogP contribution in [0.3, 0.4) is 0 Å². The summed E-state index contributed by atoms with van der Waals surface area (Å²) in [6.07, 6.45) is 0. The Morgan fingerprint density at radius 2 is 2.07 bits per heavy atom. The average Bonchev–Trinajstić information content (AvgIpc) is 2.09. The third-order valence-corrected chi connectivity index (χ3v) is 2.04. The number of urea groups is 1.